The molecule has 0 saturated carbocycles. The van der Waals surface area contributed by atoms with E-state index in [2.05, 4.69) is 69.9 Å². The first-order valence-corrected chi connectivity index (χ1v) is 12.8. The summed E-state index contributed by atoms with van der Waals surface area (Å²) in [5.41, 5.74) is 6.05. The van der Waals surface area contributed by atoms with Crippen molar-refractivity contribution in [3.8, 4) is 11.4 Å². The minimum Gasteiger partial charge on any atom is -0.493 e. The maximum atomic E-state index is 13.0. The summed E-state index contributed by atoms with van der Waals surface area (Å²) in [5, 5.41) is 9.39. The maximum Gasteiger partial charge on any atom is 0.233 e. The second-order valence-corrected chi connectivity index (χ2v) is 10.1. The second-order valence-electron chi connectivity index (χ2n) is 9.14. The molecule has 2 aliphatic rings. The van der Waals surface area contributed by atoms with Crippen molar-refractivity contribution < 1.29 is 9.53 Å². The Morgan fingerprint density at radius 2 is 1.85 bits per heavy atom. The van der Waals surface area contributed by atoms with Gasteiger partial charge in [0.15, 0.2) is 5.16 Å². The Morgan fingerprint density at radius 3 is 2.68 bits per heavy atom. The monoisotopic (exact) mass is 477 g/mol. The lowest BCUT2D eigenvalue weighted by atomic mass is 10.1. The number of carbonyl (C=O) groups excluding carboxylic acids is 1. The first-order chi connectivity index (χ1) is 16.5. The highest BCUT2D eigenvalue weighted by Crippen LogP contribution is 2.27. The summed E-state index contributed by atoms with van der Waals surface area (Å²) in [6.45, 7) is 11.1. The van der Waals surface area contributed by atoms with Crippen LogP contribution < -0.4 is 4.74 Å². The Hall–Kier alpha value is -2.84. The van der Waals surface area contributed by atoms with Gasteiger partial charge in [-0.05, 0) is 55.2 Å². The van der Waals surface area contributed by atoms with Crippen LogP contribution in [0.4, 0.5) is 0 Å². The van der Waals surface area contributed by atoms with E-state index in [4.69, 9.17) is 4.74 Å². The van der Waals surface area contributed by atoms with Crippen LogP contribution in [0.1, 0.15) is 28.1 Å². The lowest BCUT2D eigenvalue weighted by molar-refractivity contribution is -0.130. The van der Waals surface area contributed by atoms with Crippen molar-refractivity contribution in [2.45, 2.75) is 38.9 Å². The third kappa shape index (κ3) is 4.83. The van der Waals surface area contributed by atoms with Crippen molar-refractivity contribution in [1.29, 1.82) is 0 Å². The highest BCUT2D eigenvalue weighted by atomic mass is 32.2. The first kappa shape index (κ1) is 22.9. The zero-order chi connectivity index (χ0) is 23.7. The van der Waals surface area contributed by atoms with Crippen LogP contribution in [0.25, 0.3) is 5.69 Å². The molecule has 1 amide bonds. The number of rotatable bonds is 6. The van der Waals surface area contributed by atoms with E-state index in [-0.39, 0.29) is 5.91 Å². The largest absolute Gasteiger partial charge is 0.493 e. The average molecular weight is 478 g/mol. The van der Waals surface area contributed by atoms with Gasteiger partial charge in [-0.3, -0.25) is 14.3 Å². The van der Waals surface area contributed by atoms with Crippen LogP contribution in [0.2, 0.25) is 0 Å². The van der Waals surface area contributed by atoms with Crippen molar-refractivity contribution in [3.63, 3.8) is 0 Å². The summed E-state index contributed by atoms with van der Waals surface area (Å²) in [7, 11) is 0. The van der Waals surface area contributed by atoms with Gasteiger partial charge in [0.05, 0.1) is 18.0 Å². The molecule has 2 aromatic carbocycles. The number of amides is 1. The summed E-state index contributed by atoms with van der Waals surface area (Å²) < 4.78 is 7.67. The molecule has 5 rings (SSSR count). The summed E-state index contributed by atoms with van der Waals surface area (Å²) in [6, 6.07) is 12.9. The van der Waals surface area contributed by atoms with Crippen molar-refractivity contribution in [3.05, 3.63) is 64.5 Å². The minimum atomic E-state index is 0.160. The van der Waals surface area contributed by atoms with Gasteiger partial charge in [-0.15, -0.1) is 10.2 Å². The highest BCUT2D eigenvalue weighted by molar-refractivity contribution is 7.99. The molecule has 3 aromatic rings. The zero-order valence-corrected chi connectivity index (χ0v) is 20.9. The molecule has 0 N–H and O–H groups in total. The normalized spacial score (nSPS) is 15.9. The number of nitrogens with zero attached hydrogens (tertiary/aromatic N) is 5. The minimum absolute atomic E-state index is 0.160. The van der Waals surface area contributed by atoms with Crippen molar-refractivity contribution in [1.82, 2.24) is 24.6 Å². The highest BCUT2D eigenvalue weighted by Gasteiger charge is 2.23. The van der Waals surface area contributed by atoms with Gasteiger partial charge in [-0.2, -0.15) is 0 Å². The molecular formula is C26H31N5O2S. The fraction of sp³-hybridized carbons (Fsp3) is 0.423. The molecule has 0 radical (unpaired) electrons. The van der Waals surface area contributed by atoms with E-state index in [1.165, 1.54) is 28.5 Å². The van der Waals surface area contributed by atoms with Crippen LogP contribution in [-0.2, 0) is 17.8 Å². The quantitative estimate of drug-likeness (QED) is 0.506. The van der Waals surface area contributed by atoms with Crippen LogP contribution in [0.15, 0.2) is 41.6 Å². The third-order valence-electron chi connectivity index (χ3n) is 6.61. The molecule has 1 fully saturated rings. The molecule has 0 unspecified atom stereocenters. The van der Waals surface area contributed by atoms with E-state index in [1.807, 2.05) is 11.8 Å². The SMILES string of the molecule is Cc1ccc(C)c(-n2c(C)nnc2SCC(=O)N2CCN(Cc3ccc4c(c3)CCO4)CC2)c1. The second kappa shape index (κ2) is 9.80. The van der Waals surface area contributed by atoms with Crippen LogP contribution in [0.3, 0.4) is 0 Å². The number of benzene rings is 2. The number of ether oxygens (including phenoxy) is 1. The number of fused-ring (bicyclic) bond motifs is 1. The average Bonchev–Trinajstić information content (AvgIpc) is 3.45. The zero-order valence-electron chi connectivity index (χ0n) is 20.1. The maximum absolute atomic E-state index is 13.0. The summed E-state index contributed by atoms with van der Waals surface area (Å²) >= 11 is 1.47. The summed E-state index contributed by atoms with van der Waals surface area (Å²) in [4.78, 5) is 17.4. The number of aromatic nitrogens is 3. The van der Waals surface area contributed by atoms with Gasteiger partial charge in [0, 0.05) is 39.1 Å². The molecule has 7 nitrogen and oxygen atoms in total. The van der Waals surface area contributed by atoms with E-state index >= 15 is 0 Å². The molecule has 0 aliphatic carbocycles. The Morgan fingerprint density at radius 1 is 1.03 bits per heavy atom. The van der Waals surface area contributed by atoms with E-state index in [0.717, 1.165) is 73.7 Å². The Bertz CT molecular complexity index is 1200. The molecule has 1 saturated heterocycles. The Balaban J connectivity index is 1.16. The van der Waals surface area contributed by atoms with Crippen molar-refractivity contribution in [2.24, 2.45) is 0 Å². The van der Waals surface area contributed by atoms with Gasteiger partial charge in [-0.1, -0.05) is 36.0 Å². The standard InChI is InChI=1S/C26H31N5O2S/c1-18-4-5-19(2)23(14-18)31-20(3)27-28-26(31)34-17-25(32)30-11-9-29(10-12-30)16-21-6-7-24-22(15-21)8-13-33-24/h4-7,14-15H,8-13,16-17H2,1-3H3. The molecule has 178 valence electrons. The fourth-order valence-electron chi connectivity index (χ4n) is 4.64. The van der Waals surface area contributed by atoms with E-state index in [0.29, 0.717) is 5.75 Å². The molecule has 3 heterocycles. The number of thioether (sulfide) groups is 1. The topological polar surface area (TPSA) is 63.5 Å². The molecule has 2 aliphatic heterocycles. The van der Waals surface area contributed by atoms with Gasteiger partial charge in [0.1, 0.15) is 11.6 Å². The number of piperazine rings is 1. The van der Waals surface area contributed by atoms with Crippen LogP contribution in [-0.4, -0.2) is 69.0 Å². The molecule has 0 atom stereocenters. The predicted octanol–water partition coefficient (Wildman–Crippen LogP) is 3.56. The first-order valence-electron chi connectivity index (χ1n) is 11.8. The number of hydrogen-bond acceptors (Lipinski definition) is 6. The van der Waals surface area contributed by atoms with Crippen molar-refractivity contribution >= 4 is 17.7 Å². The number of carbonyl (C=O) groups is 1. The van der Waals surface area contributed by atoms with Gasteiger partial charge in [-0.25, -0.2) is 0 Å². The molecule has 8 heteroatoms. The number of hydrogen-bond donors (Lipinski definition) is 0. The van der Waals surface area contributed by atoms with Gasteiger partial charge >= 0.3 is 0 Å². The molecule has 0 bridgehead atoms. The third-order valence-corrected chi connectivity index (χ3v) is 7.52. The fourth-order valence-corrected chi connectivity index (χ4v) is 5.54. The van der Waals surface area contributed by atoms with Gasteiger partial charge in [0.2, 0.25) is 5.91 Å². The molecule has 0 spiro atoms. The lowest BCUT2D eigenvalue weighted by Gasteiger charge is -2.34. The van der Waals surface area contributed by atoms with E-state index in [9.17, 15) is 4.79 Å². The molecule has 34 heavy (non-hydrogen) atoms. The predicted molar refractivity (Wildman–Crippen MR) is 134 cm³/mol. The lowest BCUT2D eigenvalue weighted by Crippen LogP contribution is -2.48. The Labute approximate surface area is 205 Å². The van der Waals surface area contributed by atoms with Crippen LogP contribution in [0, 0.1) is 20.8 Å². The van der Waals surface area contributed by atoms with E-state index in [1.54, 1.807) is 0 Å². The van der Waals surface area contributed by atoms with Crippen LogP contribution in [0.5, 0.6) is 5.75 Å². The van der Waals surface area contributed by atoms with E-state index < -0.39 is 0 Å². The number of aryl methyl sites for hydroxylation is 3. The van der Waals surface area contributed by atoms with Crippen molar-refractivity contribution in [2.75, 3.05) is 38.5 Å². The Kier molecular flexibility index (Phi) is 6.61. The summed E-state index contributed by atoms with van der Waals surface area (Å²) in [6.07, 6.45) is 1.000. The molecular weight excluding hydrogens is 446 g/mol. The van der Waals surface area contributed by atoms with Gasteiger partial charge < -0.3 is 9.64 Å². The smallest absolute Gasteiger partial charge is 0.233 e. The van der Waals surface area contributed by atoms with Gasteiger partial charge in [0.25, 0.3) is 0 Å². The van der Waals surface area contributed by atoms with Crippen LogP contribution >= 0.6 is 11.8 Å². The summed E-state index contributed by atoms with van der Waals surface area (Å²) in [5.74, 6) is 2.39. The molecule has 1 aromatic heterocycles.